The molecule has 0 aliphatic carbocycles. The summed E-state index contributed by atoms with van der Waals surface area (Å²) in [5.41, 5.74) is 1.90. The van der Waals surface area contributed by atoms with Gasteiger partial charge in [-0.05, 0) is 49.2 Å². The summed E-state index contributed by atoms with van der Waals surface area (Å²) < 4.78 is 5.57. The molecule has 1 N–H and O–H groups in total. The molecule has 110 valence electrons. The average Bonchev–Trinajstić information content (AvgIpc) is 2.43. The van der Waals surface area contributed by atoms with Gasteiger partial charge >= 0.3 is 0 Å². The molecule has 0 saturated heterocycles. The van der Waals surface area contributed by atoms with Crippen molar-refractivity contribution in [1.82, 2.24) is 0 Å². The summed E-state index contributed by atoms with van der Waals surface area (Å²) in [7, 11) is 0. The van der Waals surface area contributed by atoms with Crippen molar-refractivity contribution in [1.29, 1.82) is 0 Å². The van der Waals surface area contributed by atoms with Crippen molar-refractivity contribution < 1.29 is 14.6 Å². The molecule has 3 heteroatoms. The first-order chi connectivity index (χ1) is 10.0. The van der Waals surface area contributed by atoms with Gasteiger partial charge in [0.2, 0.25) is 0 Å². The molecule has 3 nitrogen and oxygen atoms in total. The van der Waals surface area contributed by atoms with Crippen LogP contribution in [-0.2, 0) is 17.6 Å². The third-order valence-corrected chi connectivity index (χ3v) is 3.03. The summed E-state index contributed by atoms with van der Waals surface area (Å²) in [5.74, 6) is 1.19. The highest BCUT2D eigenvalue weighted by Gasteiger charge is 2.06. The normalized spacial score (nSPS) is 10.6. The molecule has 0 aliphatic rings. The molecule has 0 saturated carbocycles. The van der Waals surface area contributed by atoms with Crippen LogP contribution in [-0.4, -0.2) is 17.0 Å². The van der Waals surface area contributed by atoms with Crippen LogP contribution in [0.3, 0.4) is 0 Å². The van der Waals surface area contributed by atoms with Gasteiger partial charge in [0.1, 0.15) is 17.3 Å². The van der Waals surface area contributed by atoms with Crippen LogP contribution >= 0.6 is 0 Å². The second-order valence-corrected chi connectivity index (χ2v) is 5.37. The highest BCUT2D eigenvalue weighted by Crippen LogP contribution is 2.15. The lowest BCUT2D eigenvalue weighted by atomic mass is 10.0. The number of benzene rings is 2. The van der Waals surface area contributed by atoms with Crippen LogP contribution in [0.5, 0.6) is 11.5 Å². The van der Waals surface area contributed by atoms with E-state index in [0.29, 0.717) is 12.8 Å². The zero-order valence-corrected chi connectivity index (χ0v) is 12.4. The van der Waals surface area contributed by atoms with E-state index in [1.165, 1.54) is 0 Å². The molecule has 0 aromatic heterocycles. The number of Topliss-reactive ketones (excluding diaryl/α,β-unsaturated/α-hetero) is 1. The van der Waals surface area contributed by atoms with Crippen molar-refractivity contribution in [2.45, 2.75) is 32.8 Å². The summed E-state index contributed by atoms with van der Waals surface area (Å²) in [6, 6.07) is 14.4. The topological polar surface area (TPSA) is 46.5 Å². The lowest BCUT2D eigenvalue weighted by Crippen LogP contribution is -2.07. The largest absolute Gasteiger partial charge is 0.508 e. The van der Waals surface area contributed by atoms with E-state index in [1.807, 2.05) is 38.1 Å². The molecule has 0 atom stereocenters. The Hall–Kier alpha value is -2.29. The van der Waals surface area contributed by atoms with Crippen LogP contribution in [0.1, 0.15) is 25.0 Å². The molecule has 2 aromatic carbocycles. The number of phenols is 1. The number of aromatic hydroxyl groups is 1. The van der Waals surface area contributed by atoms with Gasteiger partial charge in [-0.2, -0.15) is 0 Å². The molecule has 0 spiro atoms. The van der Waals surface area contributed by atoms with Crippen molar-refractivity contribution in [3.8, 4) is 11.5 Å². The van der Waals surface area contributed by atoms with Gasteiger partial charge < -0.3 is 9.84 Å². The molecule has 0 amide bonds. The number of hydrogen-bond donors (Lipinski definition) is 1. The molecule has 0 unspecified atom stereocenters. The van der Waals surface area contributed by atoms with Gasteiger partial charge in [0, 0.05) is 12.8 Å². The minimum Gasteiger partial charge on any atom is -0.508 e. The summed E-state index contributed by atoms with van der Waals surface area (Å²) in [4.78, 5) is 12.0. The average molecular weight is 284 g/mol. The van der Waals surface area contributed by atoms with E-state index in [0.717, 1.165) is 16.9 Å². The fraction of sp³-hybridized carbons (Fsp3) is 0.278. The van der Waals surface area contributed by atoms with Gasteiger partial charge in [0.25, 0.3) is 0 Å². The number of ether oxygens (including phenoxy) is 1. The first kappa shape index (κ1) is 15.1. The van der Waals surface area contributed by atoms with Gasteiger partial charge in [-0.3, -0.25) is 4.79 Å². The summed E-state index contributed by atoms with van der Waals surface area (Å²) in [6.07, 6.45) is 0.930. The maximum atomic E-state index is 12.0. The van der Waals surface area contributed by atoms with Crippen LogP contribution in [0, 0.1) is 0 Å². The van der Waals surface area contributed by atoms with Crippen molar-refractivity contribution in [3.05, 3.63) is 59.7 Å². The van der Waals surface area contributed by atoms with Gasteiger partial charge in [-0.15, -0.1) is 0 Å². The SMILES string of the molecule is CC(C)Oc1ccc(CC(=O)Cc2ccc(O)cc2)cc1. The van der Waals surface area contributed by atoms with E-state index in [2.05, 4.69) is 0 Å². The molecule has 0 fully saturated rings. The molecule has 0 aliphatic heterocycles. The van der Waals surface area contributed by atoms with Gasteiger partial charge in [-0.25, -0.2) is 0 Å². The van der Waals surface area contributed by atoms with Crippen molar-refractivity contribution in [2.24, 2.45) is 0 Å². The maximum Gasteiger partial charge on any atom is 0.141 e. The highest BCUT2D eigenvalue weighted by molar-refractivity contribution is 5.83. The van der Waals surface area contributed by atoms with Crippen LogP contribution in [0.25, 0.3) is 0 Å². The first-order valence-electron chi connectivity index (χ1n) is 7.08. The number of ketones is 1. The van der Waals surface area contributed by atoms with Crippen molar-refractivity contribution in [2.75, 3.05) is 0 Å². The minimum absolute atomic E-state index is 0.145. The van der Waals surface area contributed by atoms with E-state index in [1.54, 1.807) is 24.3 Å². The predicted molar refractivity (Wildman–Crippen MR) is 82.7 cm³/mol. The molecule has 2 aromatic rings. The molecule has 0 radical (unpaired) electrons. The van der Waals surface area contributed by atoms with Gasteiger partial charge in [-0.1, -0.05) is 24.3 Å². The van der Waals surface area contributed by atoms with Crippen molar-refractivity contribution >= 4 is 5.78 Å². The lowest BCUT2D eigenvalue weighted by molar-refractivity contribution is -0.117. The monoisotopic (exact) mass is 284 g/mol. The minimum atomic E-state index is 0.145. The van der Waals surface area contributed by atoms with Gasteiger partial charge in [0.05, 0.1) is 6.10 Å². The summed E-state index contributed by atoms with van der Waals surface area (Å²) in [5, 5.41) is 9.22. The predicted octanol–water partition coefficient (Wildman–Crippen LogP) is 3.53. The zero-order chi connectivity index (χ0) is 15.2. The van der Waals surface area contributed by atoms with Gasteiger partial charge in [0.15, 0.2) is 0 Å². The number of phenolic OH excluding ortho intramolecular Hbond substituents is 1. The fourth-order valence-corrected chi connectivity index (χ4v) is 2.09. The lowest BCUT2D eigenvalue weighted by Gasteiger charge is -2.10. The molecule has 0 bridgehead atoms. The fourth-order valence-electron chi connectivity index (χ4n) is 2.09. The number of carbonyl (C=O) groups excluding carboxylic acids is 1. The van der Waals surface area contributed by atoms with Crippen LogP contribution in [0.15, 0.2) is 48.5 Å². The third kappa shape index (κ3) is 4.95. The Kier molecular flexibility index (Phi) is 4.99. The first-order valence-corrected chi connectivity index (χ1v) is 7.08. The second kappa shape index (κ2) is 6.93. The summed E-state index contributed by atoms with van der Waals surface area (Å²) >= 11 is 0. The maximum absolute atomic E-state index is 12.0. The van der Waals surface area contributed by atoms with E-state index in [4.69, 9.17) is 4.74 Å². The standard InChI is InChI=1S/C18H20O3/c1-13(2)21-18-9-5-15(6-10-18)12-17(20)11-14-3-7-16(19)8-4-14/h3-10,13,19H,11-12H2,1-2H3. The quantitative estimate of drug-likeness (QED) is 0.882. The molecular formula is C18H20O3. The molecule has 21 heavy (non-hydrogen) atoms. The Morgan fingerprint density at radius 1 is 0.952 bits per heavy atom. The zero-order valence-electron chi connectivity index (χ0n) is 12.4. The molecular weight excluding hydrogens is 264 g/mol. The highest BCUT2D eigenvalue weighted by atomic mass is 16.5. The van der Waals surface area contributed by atoms with Crippen LogP contribution in [0.4, 0.5) is 0 Å². The molecule has 2 rings (SSSR count). The van der Waals surface area contributed by atoms with Crippen molar-refractivity contribution in [3.63, 3.8) is 0 Å². The smallest absolute Gasteiger partial charge is 0.141 e. The van der Waals surface area contributed by atoms with E-state index in [-0.39, 0.29) is 17.6 Å². The number of hydrogen-bond acceptors (Lipinski definition) is 3. The Balaban J connectivity index is 1.91. The Morgan fingerprint density at radius 2 is 1.43 bits per heavy atom. The van der Waals surface area contributed by atoms with Crippen LogP contribution in [0.2, 0.25) is 0 Å². The second-order valence-electron chi connectivity index (χ2n) is 5.37. The third-order valence-electron chi connectivity index (χ3n) is 3.03. The number of rotatable bonds is 6. The van der Waals surface area contributed by atoms with Crippen LogP contribution < -0.4 is 4.74 Å². The Morgan fingerprint density at radius 3 is 1.90 bits per heavy atom. The Bertz CT molecular complexity index is 583. The Labute approximate surface area is 125 Å². The van der Waals surface area contributed by atoms with E-state index in [9.17, 15) is 9.90 Å². The number of carbonyl (C=O) groups is 1. The summed E-state index contributed by atoms with van der Waals surface area (Å²) in [6.45, 7) is 3.96. The molecule has 0 heterocycles. The van der Waals surface area contributed by atoms with E-state index >= 15 is 0 Å². The van der Waals surface area contributed by atoms with E-state index < -0.39 is 0 Å².